The summed E-state index contributed by atoms with van der Waals surface area (Å²) in [5.74, 6) is 1.53. The number of hydroxylamine groups is 1. The molecule has 4 rings (SSSR count). The van der Waals surface area contributed by atoms with E-state index in [1.807, 2.05) is 0 Å². The molecule has 0 radical (unpaired) electrons. The molecule has 4 fully saturated rings. The summed E-state index contributed by atoms with van der Waals surface area (Å²) in [6, 6.07) is 0.551. The van der Waals surface area contributed by atoms with E-state index in [9.17, 15) is 13.6 Å². The molecule has 2 saturated heterocycles. The van der Waals surface area contributed by atoms with Crippen molar-refractivity contribution in [2.45, 2.75) is 76.4 Å². The highest BCUT2D eigenvalue weighted by Gasteiger charge is 2.45. The van der Waals surface area contributed by atoms with Crippen molar-refractivity contribution in [3.8, 4) is 0 Å². The molecule has 0 aromatic rings. The van der Waals surface area contributed by atoms with Crippen molar-refractivity contribution in [3.05, 3.63) is 0 Å². The first-order valence-electron chi connectivity index (χ1n) is 10.3. The second-order valence-electron chi connectivity index (χ2n) is 8.68. The first-order chi connectivity index (χ1) is 13.0. The molecular formula is C18H31F2N5O2. The summed E-state index contributed by atoms with van der Waals surface area (Å²) in [5.41, 5.74) is 9.01. The molecule has 9 heteroatoms. The predicted octanol–water partition coefficient (Wildman–Crippen LogP) is 0.842. The van der Waals surface area contributed by atoms with Crippen molar-refractivity contribution in [3.63, 3.8) is 0 Å². The monoisotopic (exact) mass is 387 g/mol. The summed E-state index contributed by atoms with van der Waals surface area (Å²) in [4.78, 5) is 17.6. The lowest BCUT2D eigenvalue weighted by molar-refractivity contribution is -0.127. The summed E-state index contributed by atoms with van der Waals surface area (Å²) in [7, 11) is 0. The Morgan fingerprint density at radius 3 is 2.70 bits per heavy atom. The van der Waals surface area contributed by atoms with Gasteiger partial charge in [-0.25, -0.2) is 8.78 Å². The fourth-order valence-corrected chi connectivity index (χ4v) is 5.45. The van der Waals surface area contributed by atoms with Crippen LogP contribution in [0.1, 0.15) is 45.4 Å². The van der Waals surface area contributed by atoms with Crippen molar-refractivity contribution in [2.24, 2.45) is 23.7 Å². The van der Waals surface area contributed by atoms with Gasteiger partial charge in [0, 0.05) is 18.6 Å². The molecule has 154 valence electrons. The third kappa shape index (κ3) is 4.27. The maximum absolute atomic E-state index is 12.8. The van der Waals surface area contributed by atoms with E-state index in [1.54, 1.807) is 0 Å². The molecule has 5 N–H and O–H groups in total. The molecule has 2 heterocycles. The summed E-state index contributed by atoms with van der Waals surface area (Å²) in [5, 5.41) is 6.18. The second kappa shape index (κ2) is 8.24. The summed E-state index contributed by atoms with van der Waals surface area (Å²) in [6.45, 7) is 2.75. The van der Waals surface area contributed by atoms with Gasteiger partial charge in [0.1, 0.15) is 0 Å². The molecule has 0 spiro atoms. The smallest absolute Gasteiger partial charge is 0.279 e. The van der Waals surface area contributed by atoms with E-state index in [-0.39, 0.29) is 24.0 Å². The standard InChI is InChI=1S/C18H31F2N5O2/c1-9-6-12(8-21-24-9)17(26)22-14-5-3-10-7-11(2-4-13(10)14)16-23-18(15(19)20)27-25-16/h9-16,18,21,23-25H,2-8H2,1H3,(H,22,26)/t9?,10?,11?,12?,13?,14-,16?,18?/m1/s1. The van der Waals surface area contributed by atoms with Crippen LogP contribution in [0, 0.1) is 23.7 Å². The molecule has 1 amide bonds. The average molecular weight is 387 g/mol. The van der Waals surface area contributed by atoms with E-state index >= 15 is 0 Å². The van der Waals surface area contributed by atoms with Crippen LogP contribution in [0.4, 0.5) is 8.78 Å². The molecule has 2 aliphatic carbocycles. The number of hydrazine groups is 1. The number of alkyl halides is 2. The number of fused-ring (bicyclic) bond motifs is 1. The first-order valence-corrected chi connectivity index (χ1v) is 10.3. The van der Waals surface area contributed by atoms with Gasteiger partial charge in [-0.2, -0.15) is 5.48 Å². The number of halogens is 2. The number of hydrogen-bond donors (Lipinski definition) is 5. The zero-order chi connectivity index (χ0) is 19.0. The van der Waals surface area contributed by atoms with E-state index in [1.165, 1.54) is 0 Å². The van der Waals surface area contributed by atoms with Crippen molar-refractivity contribution in [2.75, 3.05) is 6.54 Å². The van der Waals surface area contributed by atoms with Gasteiger partial charge in [0.2, 0.25) is 5.91 Å². The van der Waals surface area contributed by atoms with Gasteiger partial charge in [-0.1, -0.05) is 0 Å². The Hall–Kier alpha value is -0.870. The quantitative estimate of drug-likeness (QED) is 0.492. The summed E-state index contributed by atoms with van der Waals surface area (Å²) < 4.78 is 25.5. The Kier molecular flexibility index (Phi) is 5.94. The zero-order valence-electron chi connectivity index (χ0n) is 15.7. The molecule has 7 unspecified atom stereocenters. The van der Waals surface area contributed by atoms with Gasteiger partial charge in [-0.15, -0.1) is 0 Å². The fourth-order valence-electron chi connectivity index (χ4n) is 5.45. The SMILES string of the molecule is CC1CC(C(=O)N[C@@H]2CCC3CC(C4NOC(C(F)F)N4)CCC32)CNN1. The number of carbonyl (C=O) groups excluding carboxylic acids is 1. The van der Waals surface area contributed by atoms with Crippen LogP contribution < -0.4 is 27.0 Å². The van der Waals surface area contributed by atoms with Crippen LogP contribution in [-0.4, -0.2) is 43.4 Å². The van der Waals surface area contributed by atoms with E-state index in [0.717, 1.165) is 38.5 Å². The minimum Gasteiger partial charge on any atom is -0.353 e. The van der Waals surface area contributed by atoms with Gasteiger partial charge in [0.15, 0.2) is 6.23 Å². The number of rotatable bonds is 4. The molecule has 0 bridgehead atoms. The lowest BCUT2D eigenvalue weighted by atomic mass is 9.73. The van der Waals surface area contributed by atoms with Crippen molar-refractivity contribution < 1.29 is 18.4 Å². The molecule has 2 aliphatic heterocycles. The largest absolute Gasteiger partial charge is 0.353 e. The van der Waals surface area contributed by atoms with Gasteiger partial charge < -0.3 is 5.32 Å². The molecule has 4 aliphatic rings. The highest BCUT2D eigenvalue weighted by molar-refractivity contribution is 5.79. The molecule has 8 atom stereocenters. The van der Waals surface area contributed by atoms with E-state index in [0.29, 0.717) is 30.3 Å². The fraction of sp³-hybridized carbons (Fsp3) is 0.944. The second-order valence-corrected chi connectivity index (χ2v) is 8.68. The van der Waals surface area contributed by atoms with Crippen molar-refractivity contribution in [1.29, 1.82) is 0 Å². The van der Waals surface area contributed by atoms with Crippen LogP contribution in [0.2, 0.25) is 0 Å². The molecule has 0 aromatic carbocycles. The lowest BCUT2D eigenvalue weighted by Gasteiger charge is -2.37. The Balaban J connectivity index is 1.27. The third-order valence-corrected chi connectivity index (χ3v) is 6.85. The number of nitrogens with one attached hydrogen (secondary N) is 5. The maximum Gasteiger partial charge on any atom is 0.279 e. The average Bonchev–Trinajstić information content (AvgIpc) is 3.29. The highest BCUT2D eigenvalue weighted by Crippen LogP contribution is 2.45. The molecule has 7 nitrogen and oxygen atoms in total. The topological polar surface area (TPSA) is 86.5 Å². The van der Waals surface area contributed by atoms with Gasteiger partial charge in [0.05, 0.1) is 12.1 Å². The van der Waals surface area contributed by atoms with Crippen molar-refractivity contribution >= 4 is 5.91 Å². The van der Waals surface area contributed by atoms with Crippen LogP contribution >= 0.6 is 0 Å². The Bertz CT molecular complexity index is 540. The molecule has 27 heavy (non-hydrogen) atoms. The van der Waals surface area contributed by atoms with Crippen LogP contribution in [0.25, 0.3) is 0 Å². The number of carbonyl (C=O) groups is 1. The van der Waals surface area contributed by atoms with E-state index in [4.69, 9.17) is 4.84 Å². The van der Waals surface area contributed by atoms with Crippen LogP contribution in [0.15, 0.2) is 0 Å². The molecule has 2 saturated carbocycles. The van der Waals surface area contributed by atoms with Crippen molar-refractivity contribution in [1.82, 2.24) is 27.0 Å². The van der Waals surface area contributed by atoms with E-state index in [2.05, 4.69) is 33.9 Å². The van der Waals surface area contributed by atoms with Crippen LogP contribution in [0.5, 0.6) is 0 Å². The molecule has 0 aromatic heterocycles. The Morgan fingerprint density at radius 2 is 1.96 bits per heavy atom. The van der Waals surface area contributed by atoms with Gasteiger partial charge >= 0.3 is 0 Å². The normalized spacial score (nSPS) is 45.0. The number of amides is 1. The Morgan fingerprint density at radius 1 is 1.15 bits per heavy atom. The first kappa shape index (κ1) is 19.4. The maximum atomic E-state index is 12.8. The van der Waals surface area contributed by atoms with Gasteiger partial charge in [-0.05, 0) is 63.2 Å². The van der Waals surface area contributed by atoms with Gasteiger partial charge in [-0.3, -0.25) is 25.8 Å². The third-order valence-electron chi connectivity index (χ3n) is 6.85. The lowest BCUT2D eigenvalue weighted by Crippen LogP contribution is -2.54. The van der Waals surface area contributed by atoms with E-state index < -0.39 is 12.7 Å². The predicted molar refractivity (Wildman–Crippen MR) is 95.1 cm³/mol. The minimum absolute atomic E-state index is 0.0203. The molecular weight excluding hydrogens is 356 g/mol. The number of hydrogen-bond acceptors (Lipinski definition) is 6. The highest BCUT2D eigenvalue weighted by atomic mass is 19.3. The minimum atomic E-state index is -2.53. The van der Waals surface area contributed by atoms with Gasteiger partial charge in [0.25, 0.3) is 6.43 Å². The summed E-state index contributed by atoms with van der Waals surface area (Å²) in [6.07, 6.45) is 1.99. The summed E-state index contributed by atoms with van der Waals surface area (Å²) >= 11 is 0. The Labute approximate surface area is 158 Å². The van der Waals surface area contributed by atoms with Crippen LogP contribution in [0.3, 0.4) is 0 Å². The van der Waals surface area contributed by atoms with Crippen LogP contribution in [-0.2, 0) is 9.63 Å². The zero-order valence-corrected chi connectivity index (χ0v) is 15.7.